The van der Waals surface area contributed by atoms with Gasteiger partial charge in [-0.1, -0.05) is 30.3 Å². The van der Waals surface area contributed by atoms with Crippen molar-refractivity contribution in [1.82, 2.24) is 24.6 Å². The summed E-state index contributed by atoms with van der Waals surface area (Å²) in [7, 11) is 0. The highest BCUT2D eigenvalue weighted by Crippen LogP contribution is 2.22. The predicted octanol–water partition coefficient (Wildman–Crippen LogP) is 0.946. The second-order valence-electron chi connectivity index (χ2n) is 5.42. The molecule has 0 aliphatic rings. The van der Waals surface area contributed by atoms with Gasteiger partial charge in [0.2, 0.25) is 0 Å². The van der Waals surface area contributed by atoms with E-state index < -0.39 is 5.56 Å². The minimum atomic E-state index is -0.487. The van der Waals surface area contributed by atoms with Crippen molar-refractivity contribution in [2.75, 3.05) is 0 Å². The van der Waals surface area contributed by atoms with E-state index >= 15 is 0 Å². The zero-order chi connectivity index (χ0) is 16.8. The minimum Gasteiger partial charge on any atom is -0.763 e. The topological polar surface area (TPSA) is 95.3 Å². The van der Waals surface area contributed by atoms with Crippen molar-refractivity contribution in [2.45, 2.75) is 13.8 Å². The highest BCUT2D eigenvalue weighted by Gasteiger charge is 2.16. The number of aryl methyl sites for hydroxylation is 2. The molecule has 0 bridgehead atoms. The minimum absolute atomic E-state index is 0.01000. The molecule has 4 aromatic rings. The number of rotatable bonds is 1. The van der Waals surface area contributed by atoms with Crippen LogP contribution in [0.4, 0.5) is 0 Å². The van der Waals surface area contributed by atoms with Gasteiger partial charge >= 0.3 is 0 Å². The smallest absolute Gasteiger partial charge is 0.288 e. The Labute approximate surface area is 135 Å². The zero-order valence-corrected chi connectivity index (χ0v) is 13.0. The molecule has 4 rings (SSSR count). The maximum atomic E-state index is 12.4. The highest BCUT2D eigenvalue weighted by molar-refractivity contribution is 5.92. The Balaban J connectivity index is 2.14. The van der Waals surface area contributed by atoms with Crippen LogP contribution >= 0.6 is 0 Å². The lowest BCUT2D eigenvalue weighted by Crippen LogP contribution is -2.35. The molecule has 0 unspecified atom stereocenters. The average molecular weight is 315 g/mol. The largest absolute Gasteiger partial charge is 0.763 e. The van der Waals surface area contributed by atoms with E-state index in [0.29, 0.717) is 33.9 Å². The number of fused-ring (bicyclic) bond motifs is 3. The average Bonchev–Trinajstić information content (AvgIpc) is 2.95. The van der Waals surface area contributed by atoms with E-state index in [1.807, 2.05) is 43.1 Å². The summed E-state index contributed by atoms with van der Waals surface area (Å²) in [4.78, 5) is 25.8. The molecule has 0 spiro atoms. The van der Waals surface area contributed by atoms with Crippen LogP contribution in [0, 0.1) is 13.8 Å². The molecule has 24 heavy (non-hydrogen) atoms. The van der Waals surface area contributed by atoms with E-state index in [2.05, 4.69) is 20.1 Å². The third-order valence-electron chi connectivity index (χ3n) is 3.88. The van der Waals surface area contributed by atoms with Gasteiger partial charge in [0.25, 0.3) is 5.56 Å². The monoisotopic (exact) mass is 315 g/mol. The second kappa shape index (κ2) is 5.04. The molecule has 7 nitrogen and oxygen atoms in total. The van der Waals surface area contributed by atoms with Crippen LogP contribution in [0.15, 0.2) is 35.1 Å². The first-order valence-corrected chi connectivity index (χ1v) is 7.30. The van der Waals surface area contributed by atoms with Gasteiger partial charge in [0.1, 0.15) is 0 Å². The molecule has 3 aromatic heterocycles. The van der Waals surface area contributed by atoms with Crippen molar-refractivity contribution < 1.29 is 0 Å². The standard InChI is InChI=1S/C17H11N6O/c1-9-12(8-18)17(24)23-16(20-9)13-10(2)19-14(21-15(13)22-23)11-6-4-3-5-7-11/h3-7H,1-2H3/q-1. The molecule has 0 radical (unpaired) electrons. The number of hydrogen-bond acceptors (Lipinski definition) is 5. The van der Waals surface area contributed by atoms with Gasteiger partial charge in [-0.05, 0) is 13.8 Å². The summed E-state index contributed by atoms with van der Waals surface area (Å²) in [5.41, 5.74) is 2.21. The van der Waals surface area contributed by atoms with Gasteiger partial charge in [0.05, 0.1) is 22.0 Å². The Morgan fingerprint density at radius 2 is 1.79 bits per heavy atom. The fourth-order valence-electron chi connectivity index (χ4n) is 2.71. The Bertz CT molecular complexity index is 1240. The molecule has 7 heteroatoms. The van der Waals surface area contributed by atoms with Crippen molar-refractivity contribution >= 4 is 22.6 Å². The van der Waals surface area contributed by atoms with Crippen LogP contribution in [0.3, 0.4) is 0 Å². The maximum absolute atomic E-state index is 12.4. The SMILES string of the molecule is Cc1nc2c3c(C)nc(-c4ccccc4)nc3nn2c(=O)c1=C=[N-]. The molecule has 0 saturated carbocycles. The first-order chi connectivity index (χ1) is 11.6. The number of aromatic nitrogens is 5. The summed E-state index contributed by atoms with van der Waals surface area (Å²) in [6.45, 7) is 3.46. The third-order valence-corrected chi connectivity index (χ3v) is 3.88. The number of nitrogens with zero attached hydrogens (tertiary/aromatic N) is 6. The van der Waals surface area contributed by atoms with Crippen LogP contribution in [-0.4, -0.2) is 30.4 Å². The molecule has 116 valence electrons. The summed E-state index contributed by atoms with van der Waals surface area (Å²) >= 11 is 0. The first kappa shape index (κ1) is 14.2. The van der Waals surface area contributed by atoms with E-state index in [0.717, 1.165) is 10.1 Å². The van der Waals surface area contributed by atoms with Crippen LogP contribution in [0.5, 0.6) is 0 Å². The van der Waals surface area contributed by atoms with Crippen molar-refractivity contribution in [3.05, 3.63) is 62.7 Å². The molecule has 3 heterocycles. The quantitative estimate of drug-likeness (QED) is 0.487. The van der Waals surface area contributed by atoms with Crippen molar-refractivity contribution in [3.8, 4) is 11.4 Å². The van der Waals surface area contributed by atoms with Crippen LogP contribution in [0.25, 0.3) is 33.5 Å². The lowest BCUT2D eigenvalue weighted by atomic mass is 10.2. The zero-order valence-electron chi connectivity index (χ0n) is 13.0. The van der Waals surface area contributed by atoms with E-state index in [1.165, 1.54) is 0 Å². The summed E-state index contributed by atoms with van der Waals surface area (Å²) in [5, 5.41) is 14.0. The van der Waals surface area contributed by atoms with Gasteiger partial charge in [0.15, 0.2) is 17.1 Å². The van der Waals surface area contributed by atoms with E-state index in [1.54, 1.807) is 6.92 Å². The predicted molar refractivity (Wildman–Crippen MR) is 90.0 cm³/mol. The summed E-state index contributed by atoms with van der Waals surface area (Å²) in [6.07, 6.45) is 0. The second-order valence-corrected chi connectivity index (χ2v) is 5.42. The van der Waals surface area contributed by atoms with Crippen molar-refractivity contribution in [2.24, 2.45) is 0 Å². The Morgan fingerprint density at radius 1 is 1.04 bits per heavy atom. The van der Waals surface area contributed by atoms with Crippen LogP contribution in [0.2, 0.25) is 0 Å². The van der Waals surface area contributed by atoms with Gasteiger partial charge in [-0.25, -0.2) is 15.0 Å². The highest BCUT2D eigenvalue weighted by atomic mass is 16.1. The molecule has 1 aromatic carbocycles. The fourth-order valence-corrected chi connectivity index (χ4v) is 2.71. The molecule has 0 aliphatic heterocycles. The number of benzene rings is 1. The van der Waals surface area contributed by atoms with Crippen molar-refractivity contribution in [3.63, 3.8) is 0 Å². The molecular formula is C17H11N6O-. The van der Waals surface area contributed by atoms with Crippen molar-refractivity contribution in [1.29, 1.82) is 0 Å². The Hall–Kier alpha value is -3.44. The lowest BCUT2D eigenvalue weighted by Gasteiger charge is -2.02. The summed E-state index contributed by atoms with van der Waals surface area (Å²) in [5.74, 6) is 2.42. The van der Waals surface area contributed by atoms with Crippen LogP contribution in [0.1, 0.15) is 11.4 Å². The summed E-state index contributed by atoms with van der Waals surface area (Å²) in [6, 6.07) is 9.54. The van der Waals surface area contributed by atoms with E-state index in [9.17, 15) is 4.79 Å². The van der Waals surface area contributed by atoms with E-state index in [-0.39, 0.29) is 5.22 Å². The Morgan fingerprint density at radius 3 is 2.50 bits per heavy atom. The molecule has 0 saturated heterocycles. The molecule has 0 amide bonds. The van der Waals surface area contributed by atoms with Crippen LogP contribution < -0.4 is 10.8 Å². The summed E-state index contributed by atoms with van der Waals surface area (Å²) < 4.78 is 1.13. The van der Waals surface area contributed by atoms with Gasteiger partial charge < -0.3 is 5.41 Å². The Kier molecular flexibility index (Phi) is 2.98. The first-order valence-electron chi connectivity index (χ1n) is 7.30. The van der Waals surface area contributed by atoms with Gasteiger partial charge in [-0.2, -0.15) is 4.52 Å². The van der Waals surface area contributed by atoms with Crippen LogP contribution in [-0.2, 0) is 0 Å². The molecule has 0 N–H and O–H groups in total. The molecule has 0 fully saturated rings. The van der Waals surface area contributed by atoms with Gasteiger partial charge in [0, 0.05) is 5.56 Å². The van der Waals surface area contributed by atoms with E-state index in [4.69, 9.17) is 5.41 Å². The number of hydrogen-bond donors (Lipinski definition) is 0. The maximum Gasteiger partial charge on any atom is 0.288 e. The van der Waals surface area contributed by atoms with Gasteiger partial charge in [-0.15, -0.1) is 5.10 Å². The third kappa shape index (κ3) is 1.92. The normalized spacial score (nSPS) is 11.1. The lowest BCUT2D eigenvalue weighted by molar-refractivity contribution is 0.886. The molecule has 0 aliphatic carbocycles. The molecular weight excluding hydrogens is 304 g/mol. The fraction of sp³-hybridized carbons (Fsp3) is 0.118. The van der Waals surface area contributed by atoms with Gasteiger partial charge in [-0.3, -0.25) is 10.7 Å². The molecule has 0 atom stereocenters.